The van der Waals surface area contributed by atoms with Crippen LogP contribution in [0.3, 0.4) is 0 Å². The molecule has 0 unspecified atom stereocenters. The number of allylic oxidation sites excluding steroid dienone is 5. The molecular weight excluding hydrogens is 662 g/mol. The second-order valence-electron chi connectivity index (χ2n) is 12.6. The molecule has 0 aromatic heterocycles. The summed E-state index contributed by atoms with van der Waals surface area (Å²) in [6, 6.07) is 31.0. The molecule has 0 spiro atoms. The predicted octanol–water partition coefficient (Wildman–Crippen LogP) is 5.49. The van der Waals surface area contributed by atoms with Crippen molar-refractivity contribution in [1.29, 1.82) is 0 Å². The first kappa shape index (κ1) is 40.1. The monoisotopic (exact) mass is 709 g/mol. The van der Waals surface area contributed by atoms with E-state index in [1.54, 1.807) is 6.07 Å². The molecule has 0 saturated heterocycles. The van der Waals surface area contributed by atoms with E-state index >= 15 is 0 Å². The van der Waals surface area contributed by atoms with E-state index in [4.69, 9.17) is 0 Å². The van der Waals surface area contributed by atoms with Gasteiger partial charge < -0.3 is 14.4 Å². The van der Waals surface area contributed by atoms with Crippen LogP contribution in [-0.2, 0) is 23.2 Å². The van der Waals surface area contributed by atoms with E-state index in [-0.39, 0.29) is 34.5 Å². The van der Waals surface area contributed by atoms with Crippen molar-refractivity contribution in [2.75, 3.05) is 36.0 Å². The first-order chi connectivity index (χ1) is 24.1. The van der Waals surface area contributed by atoms with E-state index < -0.39 is 10.1 Å². The third-order valence-electron chi connectivity index (χ3n) is 9.44. The van der Waals surface area contributed by atoms with Crippen LogP contribution in [0, 0.1) is 19.9 Å². The number of anilines is 2. The number of aryl methyl sites for hydroxylation is 2. The van der Waals surface area contributed by atoms with Gasteiger partial charge in [0.05, 0.1) is 4.90 Å². The third kappa shape index (κ3) is 9.79. The molecule has 0 amide bonds. The van der Waals surface area contributed by atoms with Crippen molar-refractivity contribution in [2.45, 2.75) is 59.5 Å². The van der Waals surface area contributed by atoms with Crippen molar-refractivity contribution in [2.24, 2.45) is 0 Å². The second kappa shape index (κ2) is 18.2. The average molecular weight is 710 g/mol. The largest absolute Gasteiger partial charge is 1.00 e. The number of nitrogens with zero attached hydrogens (tertiary/aromatic N) is 3. The Morgan fingerprint density at radius 1 is 0.725 bits per heavy atom. The fraction of sp³-hybridized carbons (Fsp3) is 0.279. The van der Waals surface area contributed by atoms with Gasteiger partial charge >= 0.3 is 29.6 Å². The molecule has 0 heterocycles. The maximum atomic E-state index is 11.7. The van der Waals surface area contributed by atoms with Gasteiger partial charge in [-0.15, -0.1) is 5.56 Å². The van der Waals surface area contributed by atoms with Gasteiger partial charge in [0.2, 0.25) is 0 Å². The molecule has 0 aliphatic heterocycles. The molecule has 0 saturated carbocycles. The Balaban J connectivity index is 0.00000583. The third-order valence-corrected chi connectivity index (χ3v) is 10.3. The summed E-state index contributed by atoms with van der Waals surface area (Å²) >= 11 is 0. The Kier molecular flexibility index (Phi) is 14.3. The number of benzene rings is 4. The number of rotatable bonds is 13. The van der Waals surface area contributed by atoms with Crippen LogP contribution >= 0.6 is 0 Å². The maximum Gasteiger partial charge on any atom is 1.00 e. The Morgan fingerprint density at radius 2 is 1.27 bits per heavy atom. The van der Waals surface area contributed by atoms with Crippen LogP contribution in [0.15, 0.2) is 120 Å². The molecule has 4 aromatic carbocycles. The molecule has 0 radical (unpaired) electrons. The molecule has 51 heavy (non-hydrogen) atoms. The van der Waals surface area contributed by atoms with Crippen molar-refractivity contribution in [3.8, 4) is 0 Å². The fourth-order valence-corrected chi connectivity index (χ4v) is 7.22. The summed E-state index contributed by atoms with van der Waals surface area (Å²) in [5.74, 6) is 0. The summed E-state index contributed by atoms with van der Waals surface area (Å²) in [5, 5.41) is 0. The molecule has 0 N–H and O–H groups in total. The number of hydrogen-bond acceptors (Lipinski definition) is 5. The minimum absolute atomic E-state index is 0. The molecular formula is C43H48N3NaO3S. The van der Waals surface area contributed by atoms with Crippen molar-refractivity contribution in [3.05, 3.63) is 154 Å². The van der Waals surface area contributed by atoms with Crippen LogP contribution < -0.4 is 39.4 Å². The van der Waals surface area contributed by atoms with Gasteiger partial charge in [-0.3, -0.25) is 0 Å². The molecule has 6 nitrogen and oxygen atoms in total. The van der Waals surface area contributed by atoms with E-state index in [0.29, 0.717) is 13.1 Å². The van der Waals surface area contributed by atoms with E-state index in [9.17, 15) is 13.0 Å². The van der Waals surface area contributed by atoms with E-state index in [1.165, 1.54) is 45.8 Å². The van der Waals surface area contributed by atoms with Gasteiger partial charge in [0, 0.05) is 43.2 Å². The van der Waals surface area contributed by atoms with Gasteiger partial charge in [0.15, 0.2) is 5.71 Å². The van der Waals surface area contributed by atoms with E-state index in [0.717, 1.165) is 54.1 Å². The Morgan fingerprint density at radius 3 is 1.75 bits per heavy atom. The molecule has 260 valence electrons. The zero-order chi connectivity index (χ0) is 35.8. The van der Waals surface area contributed by atoms with Crippen molar-refractivity contribution >= 4 is 32.8 Å². The van der Waals surface area contributed by atoms with Gasteiger partial charge in [-0.1, -0.05) is 24.3 Å². The van der Waals surface area contributed by atoms with Gasteiger partial charge in [0.1, 0.15) is 23.2 Å². The van der Waals surface area contributed by atoms with Gasteiger partial charge in [0.25, 0.3) is 0 Å². The number of hydrogen-bond donors (Lipinski definition) is 0. The smallest absolute Gasteiger partial charge is 0.744 e. The van der Waals surface area contributed by atoms with Gasteiger partial charge in [-0.05, 0) is 136 Å². The molecule has 1 aliphatic carbocycles. The zero-order valence-electron chi connectivity index (χ0n) is 31.1. The van der Waals surface area contributed by atoms with Crippen LogP contribution in [0.4, 0.5) is 11.4 Å². The molecule has 5 rings (SSSR count). The van der Waals surface area contributed by atoms with Crippen LogP contribution in [-0.4, -0.2) is 49.4 Å². The summed E-state index contributed by atoms with van der Waals surface area (Å²) in [4.78, 5) is 4.38. The Bertz CT molecular complexity index is 2040. The molecule has 8 heteroatoms. The maximum absolute atomic E-state index is 11.7. The first-order valence-corrected chi connectivity index (χ1v) is 18.9. The molecule has 1 aliphatic rings. The van der Waals surface area contributed by atoms with Crippen LogP contribution in [0.1, 0.15) is 61.1 Å². The molecule has 0 fully saturated rings. The SMILES string of the molecule is CCN(Cc1c[c-]ccc1)c1ccc(C(=C2C=CC(=[N+](CC)CC)C=C2)c2ccc(N(CC)Cc3cccc(S(=O)(=O)[O-])c3)cc2C)c(C)c1.[Na+]. The van der Waals surface area contributed by atoms with Crippen LogP contribution in [0.2, 0.25) is 0 Å². The topological polar surface area (TPSA) is 66.7 Å². The summed E-state index contributed by atoms with van der Waals surface area (Å²) in [7, 11) is -4.52. The van der Waals surface area contributed by atoms with Crippen LogP contribution in [0.25, 0.3) is 5.57 Å². The summed E-state index contributed by atoms with van der Waals surface area (Å²) in [5.41, 5.74) is 12.5. The fourth-order valence-electron chi connectivity index (χ4n) is 6.67. The Labute approximate surface area is 327 Å². The summed E-state index contributed by atoms with van der Waals surface area (Å²) in [6.45, 7) is 17.8. The van der Waals surface area contributed by atoms with E-state index in [1.807, 2.05) is 18.2 Å². The van der Waals surface area contributed by atoms with Crippen LogP contribution in [0.5, 0.6) is 0 Å². The van der Waals surface area contributed by atoms with Crippen molar-refractivity contribution in [1.82, 2.24) is 0 Å². The molecule has 0 bridgehead atoms. The van der Waals surface area contributed by atoms with Crippen molar-refractivity contribution < 1.29 is 47.1 Å². The standard InChI is InChI=1S/C43H49N3O3S.Na/c1-7-44(8-2)37-21-19-36(20-22-37)43(41-25-23-38(27-32(41)5)45(9-3)30-34-15-12-11-13-16-34)42-26-24-39(28-33(42)6)46(10-4)31-35-17-14-18-40(29-35)50(47,48)49;/h11-12,14-29H,7-10,30-31H2,1-6H3,(H,47,48,49);/q;+1/p-1. The summed E-state index contributed by atoms with van der Waals surface area (Å²) in [6.07, 6.45) is 8.92. The zero-order valence-corrected chi connectivity index (χ0v) is 33.9. The minimum Gasteiger partial charge on any atom is -0.744 e. The normalized spacial score (nSPS) is 12.5. The quantitative estimate of drug-likeness (QED) is 0.0796. The summed E-state index contributed by atoms with van der Waals surface area (Å²) < 4.78 is 37.3. The molecule has 4 aromatic rings. The Hall–Kier alpha value is -3.72. The second-order valence-corrected chi connectivity index (χ2v) is 14.0. The minimum atomic E-state index is -4.52. The predicted molar refractivity (Wildman–Crippen MR) is 206 cm³/mol. The van der Waals surface area contributed by atoms with E-state index in [2.05, 4.69) is 135 Å². The van der Waals surface area contributed by atoms with Gasteiger partial charge in [-0.25, -0.2) is 13.0 Å². The average Bonchev–Trinajstić information content (AvgIpc) is 3.12. The first-order valence-electron chi connectivity index (χ1n) is 17.5. The van der Waals surface area contributed by atoms with Gasteiger partial charge in [-0.2, -0.15) is 30.3 Å². The van der Waals surface area contributed by atoms with Crippen molar-refractivity contribution in [3.63, 3.8) is 0 Å². The molecule has 0 atom stereocenters.